The van der Waals surface area contributed by atoms with E-state index in [0.717, 1.165) is 5.56 Å². The van der Waals surface area contributed by atoms with Crippen LogP contribution in [0.15, 0.2) is 83.9 Å². The van der Waals surface area contributed by atoms with Crippen LogP contribution < -0.4 is 5.32 Å². The highest BCUT2D eigenvalue weighted by atomic mass is 32.2. The smallest absolute Gasteiger partial charge is 0.243 e. The number of sulfonamides is 1. The molecule has 4 aromatic rings. The van der Waals surface area contributed by atoms with E-state index >= 15 is 0 Å². The lowest BCUT2D eigenvalue weighted by Crippen LogP contribution is -2.48. The molecule has 2 aromatic carbocycles. The largest absolute Gasteiger partial charge is 0.382 e. The van der Waals surface area contributed by atoms with Crippen molar-refractivity contribution in [3.05, 3.63) is 96.1 Å². The van der Waals surface area contributed by atoms with E-state index < -0.39 is 15.4 Å². The van der Waals surface area contributed by atoms with Crippen molar-refractivity contribution in [1.82, 2.24) is 14.3 Å². The average Bonchev–Trinajstić information content (AvgIpc) is 2.97. The van der Waals surface area contributed by atoms with E-state index in [4.69, 9.17) is 4.74 Å². The number of methoxy groups -OCH3 is 1. The Bertz CT molecular complexity index is 1610. The molecule has 1 aliphatic rings. The Morgan fingerprint density at radius 2 is 1.97 bits per heavy atom. The molecule has 5 rings (SSSR count). The van der Waals surface area contributed by atoms with E-state index in [0.29, 0.717) is 48.4 Å². The Morgan fingerprint density at radius 1 is 1.15 bits per heavy atom. The first-order valence-corrected chi connectivity index (χ1v) is 14.0. The van der Waals surface area contributed by atoms with Crippen molar-refractivity contribution in [3.63, 3.8) is 0 Å². The minimum Gasteiger partial charge on any atom is -0.382 e. The molecule has 0 aliphatic carbocycles. The number of aromatic nitrogens is 2. The third kappa shape index (κ3) is 5.47. The second-order valence-electron chi connectivity index (χ2n) is 9.61. The van der Waals surface area contributed by atoms with Crippen LogP contribution in [0.25, 0.3) is 10.9 Å². The van der Waals surface area contributed by atoms with Gasteiger partial charge in [-0.25, -0.2) is 17.8 Å². The number of halogens is 1. The number of rotatable bonds is 8. The molecule has 2 aromatic heterocycles. The van der Waals surface area contributed by atoms with Gasteiger partial charge in [0.2, 0.25) is 10.0 Å². The predicted molar refractivity (Wildman–Crippen MR) is 146 cm³/mol. The van der Waals surface area contributed by atoms with Gasteiger partial charge in [-0.05, 0) is 73.0 Å². The van der Waals surface area contributed by atoms with Crippen LogP contribution in [0.3, 0.4) is 0 Å². The van der Waals surface area contributed by atoms with Crippen molar-refractivity contribution in [3.8, 4) is 6.07 Å². The van der Waals surface area contributed by atoms with Gasteiger partial charge in [-0.15, -0.1) is 0 Å². The molecule has 200 valence electrons. The Morgan fingerprint density at radius 3 is 2.69 bits per heavy atom. The number of piperidine rings is 1. The van der Waals surface area contributed by atoms with Gasteiger partial charge < -0.3 is 10.1 Å². The monoisotopic (exact) mass is 545 g/mol. The van der Waals surface area contributed by atoms with Crippen molar-refractivity contribution in [2.45, 2.75) is 29.2 Å². The third-order valence-corrected chi connectivity index (χ3v) is 8.89. The fraction of sp³-hybridized carbons (Fsp3) is 0.276. The number of pyridine rings is 2. The highest BCUT2D eigenvalue weighted by Gasteiger charge is 2.42. The molecule has 1 fully saturated rings. The van der Waals surface area contributed by atoms with Gasteiger partial charge in [0.05, 0.1) is 34.8 Å². The lowest BCUT2D eigenvalue weighted by molar-refractivity contribution is 0.186. The quantitative estimate of drug-likeness (QED) is 0.338. The summed E-state index contributed by atoms with van der Waals surface area (Å²) in [5.74, 6) is 0.263. The summed E-state index contributed by atoms with van der Waals surface area (Å²) >= 11 is 0. The van der Waals surface area contributed by atoms with Crippen molar-refractivity contribution < 1.29 is 17.5 Å². The minimum atomic E-state index is -3.85. The maximum absolute atomic E-state index is 13.7. The van der Waals surface area contributed by atoms with Crippen LogP contribution in [0.5, 0.6) is 0 Å². The van der Waals surface area contributed by atoms with Gasteiger partial charge in [-0.1, -0.05) is 18.2 Å². The summed E-state index contributed by atoms with van der Waals surface area (Å²) in [5, 5.41) is 14.0. The van der Waals surface area contributed by atoms with E-state index in [9.17, 15) is 18.1 Å². The van der Waals surface area contributed by atoms with E-state index in [-0.39, 0.29) is 23.3 Å². The molecular formula is C29H28FN5O3S. The topological polar surface area (TPSA) is 108 Å². The number of hydrogen-bond acceptors (Lipinski definition) is 7. The highest BCUT2D eigenvalue weighted by Crippen LogP contribution is 2.35. The molecule has 0 saturated carbocycles. The first-order valence-electron chi connectivity index (χ1n) is 12.6. The minimum absolute atomic E-state index is 0.0479. The molecule has 0 amide bonds. The number of hydrogen-bond donors (Lipinski definition) is 1. The lowest BCUT2D eigenvalue weighted by atomic mass is 9.79. The van der Waals surface area contributed by atoms with Gasteiger partial charge in [-0.3, -0.25) is 4.98 Å². The summed E-state index contributed by atoms with van der Waals surface area (Å²) in [4.78, 5) is 9.16. The predicted octanol–water partition coefficient (Wildman–Crippen LogP) is 4.81. The molecule has 2 atom stereocenters. The zero-order chi connectivity index (χ0) is 27.5. The fourth-order valence-corrected chi connectivity index (χ4v) is 6.55. The normalized spacial score (nSPS) is 18.9. The van der Waals surface area contributed by atoms with Crippen molar-refractivity contribution >= 4 is 26.7 Å². The average molecular weight is 546 g/mol. The summed E-state index contributed by atoms with van der Waals surface area (Å²) in [5.41, 5.74) is 1.06. The number of nitrogens with one attached hydrogen (secondary N) is 1. The summed E-state index contributed by atoms with van der Waals surface area (Å²) in [7, 11) is -2.26. The van der Waals surface area contributed by atoms with E-state index in [2.05, 4.69) is 21.4 Å². The molecule has 1 N–H and O–H groups in total. The van der Waals surface area contributed by atoms with Crippen molar-refractivity contribution in [2.24, 2.45) is 0 Å². The van der Waals surface area contributed by atoms with E-state index in [1.807, 2.05) is 12.1 Å². The van der Waals surface area contributed by atoms with Crippen molar-refractivity contribution in [1.29, 1.82) is 5.26 Å². The highest BCUT2D eigenvalue weighted by molar-refractivity contribution is 7.89. The Hall–Kier alpha value is -3.91. The van der Waals surface area contributed by atoms with E-state index in [1.54, 1.807) is 61.8 Å². The Kier molecular flexibility index (Phi) is 7.57. The molecule has 1 saturated heterocycles. The van der Waals surface area contributed by atoms with Crippen LogP contribution >= 0.6 is 0 Å². The van der Waals surface area contributed by atoms with Crippen LogP contribution in [0.4, 0.5) is 10.2 Å². The molecule has 0 spiro atoms. The van der Waals surface area contributed by atoms with Crippen LogP contribution in [0, 0.1) is 17.1 Å². The second kappa shape index (κ2) is 11.1. The standard InChI is InChI=1S/C29H28FN5O3S/c1-38-18-26(21-6-9-23(30)10-7-21)34-28-13-8-22-17-24(11-12-25(22)33-28)39(36,37)35-16-4-14-29(19-31,20-35)27-5-2-3-15-32-27/h2-3,5-13,15,17,26H,4,14,16,18,20H2,1H3,(H,33,34). The number of nitrogens with zero attached hydrogens (tertiary/aromatic N) is 4. The second-order valence-corrected chi connectivity index (χ2v) is 11.5. The van der Waals surface area contributed by atoms with Crippen LogP contribution in [0.1, 0.15) is 30.1 Å². The maximum Gasteiger partial charge on any atom is 0.243 e. The Balaban J connectivity index is 1.39. The SMILES string of the molecule is COCC(Nc1ccc2cc(S(=O)(=O)N3CCCC(C#N)(c4ccccn4)C3)ccc2n1)c1ccc(F)cc1. The summed E-state index contributed by atoms with van der Waals surface area (Å²) in [6.07, 6.45) is 2.73. The zero-order valence-corrected chi connectivity index (χ0v) is 22.2. The van der Waals surface area contributed by atoms with Gasteiger partial charge in [0.1, 0.15) is 17.1 Å². The van der Waals surface area contributed by atoms with Crippen LogP contribution in [-0.4, -0.2) is 49.5 Å². The molecule has 2 unspecified atom stereocenters. The lowest BCUT2D eigenvalue weighted by Gasteiger charge is -2.37. The number of anilines is 1. The molecule has 10 heteroatoms. The molecule has 1 aliphatic heterocycles. The molecular weight excluding hydrogens is 517 g/mol. The number of benzene rings is 2. The number of fused-ring (bicyclic) bond motifs is 1. The summed E-state index contributed by atoms with van der Waals surface area (Å²) < 4.78 is 47.4. The van der Waals surface area contributed by atoms with Gasteiger partial charge in [0.15, 0.2) is 0 Å². The molecule has 39 heavy (non-hydrogen) atoms. The van der Waals surface area contributed by atoms with Crippen LogP contribution in [0.2, 0.25) is 0 Å². The first-order chi connectivity index (χ1) is 18.8. The van der Waals surface area contributed by atoms with Crippen molar-refractivity contribution in [2.75, 3.05) is 32.1 Å². The summed E-state index contributed by atoms with van der Waals surface area (Å²) in [6.45, 7) is 0.731. The summed E-state index contributed by atoms with van der Waals surface area (Å²) in [6, 6.07) is 22.1. The van der Waals surface area contributed by atoms with Gasteiger partial charge in [-0.2, -0.15) is 9.57 Å². The number of nitriles is 1. The Labute approximate surface area is 227 Å². The molecule has 0 bridgehead atoms. The molecule has 0 radical (unpaired) electrons. The molecule has 3 heterocycles. The van der Waals surface area contributed by atoms with Gasteiger partial charge in [0, 0.05) is 31.8 Å². The third-order valence-electron chi connectivity index (χ3n) is 7.05. The first kappa shape index (κ1) is 26.7. The van der Waals surface area contributed by atoms with E-state index in [1.165, 1.54) is 16.4 Å². The zero-order valence-electron chi connectivity index (χ0n) is 21.4. The maximum atomic E-state index is 13.7. The number of ether oxygens (including phenoxy) is 1. The van der Waals surface area contributed by atoms with Gasteiger partial charge in [0.25, 0.3) is 0 Å². The van der Waals surface area contributed by atoms with Crippen LogP contribution in [-0.2, 0) is 20.2 Å². The fourth-order valence-electron chi connectivity index (χ4n) is 4.98. The van der Waals surface area contributed by atoms with Gasteiger partial charge >= 0.3 is 0 Å². The molecule has 8 nitrogen and oxygen atoms in total.